The average Bonchev–Trinajstić information content (AvgIpc) is 2.40. The van der Waals surface area contributed by atoms with Crippen LogP contribution in [0.25, 0.3) is 0 Å². The Labute approximate surface area is 124 Å². The Hall–Kier alpha value is -0.650. The van der Waals surface area contributed by atoms with E-state index in [0.29, 0.717) is 0 Å². The summed E-state index contributed by atoms with van der Waals surface area (Å²) < 4.78 is 1.08. The Bertz CT molecular complexity index is 414. The summed E-state index contributed by atoms with van der Waals surface area (Å²) in [5.41, 5.74) is 1.25. The van der Waals surface area contributed by atoms with Gasteiger partial charge in [0.1, 0.15) is 5.82 Å². The van der Waals surface area contributed by atoms with Crippen LogP contribution in [0.3, 0.4) is 0 Å². The molecular weight excluding hydrogens is 304 g/mol. The molecular formula is C14H23BrN4. The maximum atomic E-state index is 4.51. The van der Waals surface area contributed by atoms with Gasteiger partial charge in [0.15, 0.2) is 0 Å². The van der Waals surface area contributed by atoms with Crippen LogP contribution in [0.5, 0.6) is 0 Å². The van der Waals surface area contributed by atoms with Crippen molar-refractivity contribution >= 4 is 21.7 Å². The number of hydrogen-bond donors (Lipinski definition) is 0. The molecule has 1 aliphatic rings. The molecule has 1 aliphatic heterocycles. The highest BCUT2D eigenvalue weighted by Gasteiger charge is 2.18. The SMILES string of the molecule is Cc1cc(N2CCN(CCN(C)C)CC2)ncc1Br. The van der Waals surface area contributed by atoms with Crippen LogP contribution in [0.15, 0.2) is 16.7 Å². The molecule has 0 spiro atoms. The van der Waals surface area contributed by atoms with Crippen LogP contribution < -0.4 is 4.90 Å². The van der Waals surface area contributed by atoms with Crippen LogP contribution in [-0.2, 0) is 0 Å². The molecule has 0 N–H and O–H groups in total. The van der Waals surface area contributed by atoms with Crippen LogP contribution in [0.2, 0.25) is 0 Å². The molecule has 1 fully saturated rings. The van der Waals surface area contributed by atoms with Crippen LogP contribution in [0.1, 0.15) is 5.56 Å². The van der Waals surface area contributed by atoms with E-state index in [1.807, 2.05) is 6.20 Å². The van der Waals surface area contributed by atoms with Gasteiger partial charge in [-0.3, -0.25) is 4.90 Å². The Balaban J connectivity index is 1.87. The number of anilines is 1. The van der Waals surface area contributed by atoms with Gasteiger partial charge in [0.05, 0.1) is 0 Å². The van der Waals surface area contributed by atoms with E-state index in [-0.39, 0.29) is 0 Å². The van der Waals surface area contributed by atoms with E-state index >= 15 is 0 Å². The van der Waals surface area contributed by atoms with Gasteiger partial charge in [-0.2, -0.15) is 0 Å². The fourth-order valence-corrected chi connectivity index (χ4v) is 2.46. The molecule has 1 saturated heterocycles. The highest BCUT2D eigenvalue weighted by molar-refractivity contribution is 9.10. The van der Waals surface area contributed by atoms with Gasteiger partial charge >= 0.3 is 0 Å². The largest absolute Gasteiger partial charge is 0.354 e. The van der Waals surface area contributed by atoms with Crippen LogP contribution >= 0.6 is 15.9 Å². The second kappa shape index (κ2) is 6.68. The van der Waals surface area contributed by atoms with E-state index in [4.69, 9.17) is 0 Å². The fourth-order valence-electron chi connectivity index (χ4n) is 2.24. The molecule has 0 amide bonds. The summed E-state index contributed by atoms with van der Waals surface area (Å²) in [7, 11) is 4.26. The van der Waals surface area contributed by atoms with Gasteiger partial charge in [-0.25, -0.2) is 4.98 Å². The highest BCUT2D eigenvalue weighted by atomic mass is 79.9. The van der Waals surface area contributed by atoms with Gasteiger partial charge in [0.25, 0.3) is 0 Å². The van der Waals surface area contributed by atoms with Gasteiger partial charge < -0.3 is 9.80 Å². The van der Waals surface area contributed by atoms with Crippen LogP contribution in [0.4, 0.5) is 5.82 Å². The lowest BCUT2D eigenvalue weighted by Gasteiger charge is -2.36. The monoisotopic (exact) mass is 326 g/mol. The molecule has 0 bridgehead atoms. The second-order valence-electron chi connectivity index (χ2n) is 5.42. The first kappa shape index (κ1) is 14.8. The van der Waals surface area contributed by atoms with Crippen LogP contribution in [-0.4, -0.2) is 68.1 Å². The predicted octanol–water partition coefficient (Wildman–Crippen LogP) is 1.84. The molecule has 0 aromatic carbocycles. The van der Waals surface area contributed by atoms with Crippen molar-refractivity contribution in [3.8, 4) is 0 Å². The summed E-state index contributed by atoms with van der Waals surface area (Å²) in [5, 5.41) is 0. The third-order valence-electron chi connectivity index (χ3n) is 3.59. The van der Waals surface area contributed by atoms with E-state index in [9.17, 15) is 0 Å². The molecule has 2 rings (SSSR count). The van der Waals surface area contributed by atoms with Crippen LogP contribution in [0, 0.1) is 6.92 Å². The lowest BCUT2D eigenvalue weighted by Crippen LogP contribution is -2.48. The summed E-state index contributed by atoms with van der Waals surface area (Å²) in [5.74, 6) is 1.10. The molecule has 5 heteroatoms. The van der Waals surface area contributed by atoms with E-state index in [1.165, 1.54) is 5.56 Å². The second-order valence-corrected chi connectivity index (χ2v) is 6.28. The zero-order chi connectivity index (χ0) is 13.8. The van der Waals surface area contributed by atoms with Crippen molar-refractivity contribution in [3.05, 3.63) is 22.3 Å². The number of rotatable bonds is 4. The van der Waals surface area contributed by atoms with E-state index in [0.717, 1.165) is 49.6 Å². The van der Waals surface area contributed by atoms with Crippen molar-refractivity contribution in [2.75, 3.05) is 58.3 Å². The third-order valence-corrected chi connectivity index (χ3v) is 4.42. The quantitative estimate of drug-likeness (QED) is 0.842. The standard InChI is InChI=1S/C14H23BrN4/c1-12-10-14(16-11-13(12)15)19-8-6-18(7-9-19)5-4-17(2)3/h10-11H,4-9H2,1-3H3. The van der Waals surface area contributed by atoms with Gasteiger partial charge in [0.2, 0.25) is 0 Å². The first-order valence-corrected chi connectivity index (χ1v) is 7.60. The topological polar surface area (TPSA) is 22.6 Å². The van der Waals surface area contributed by atoms with Crippen molar-refractivity contribution in [3.63, 3.8) is 0 Å². The molecule has 1 aromatic heterocycles. The Morgan fingerprint density at radius 3 is 2.53 bits per heavy atom. The summed E-state index contributed by atoms with van der Waals surface area (Å²) in [4.78, 5) is 11.7. The molecule has 0 atom stereocenters. The number of hydrogen-bond acceptors (Lipinski definition) is 4. The molecule has 2 heterocycles. The van der Waals surface area contributed by atoms with Gasteiger partial charge in [0, 0.05) is 49.9 Å². The number of halogens is 1. The Morgan fingerprint density at radius 2 is 1.95 bits per heavy atom. The number of likely N-dealkylation sites (N-methyl/N-ethyl adjacent to an activating group) is 1. The van der Waals surface area contributed by atoms with Crippen molar-refractivity contribution < 1.29 is 0 Å². The first-order valence-electron chi connectivity index (χ1n) is 6.80. The molecule has 4 nitrogen and oxygen atoms in total. The van der Waals surface area contributed by atoms with Crippen molar-refractivity contribution in [1.29, 1.82) is 0 Å². The number of aryl methyl sites for hydroxylation is 1. The van der Waals surface area contributed by atoms with E-state index in [1.54, 1.807) is 0 Å². The van der Waals surface area contributed by atoms with Crippen molar-refractivity contribution in [2.45, 2.75) is 6.92 Å². The zero-order valence-electron chi connectivity index (χ0n) is 12.1. The number of aromatic nitrogens is 1. The first-order chi connectivity index (χ1) is 9.06. The zero-order valence-corrected chi connectivity index (χ0v) is 13.7. The molecule has 0 saturated carbocycles. The minimum Gasteiger partial charge on any atom is -0.354 e. The summed E-state index contributed by atoms with van der Waals surface area (Å²) in [6.45, 7) is 8.81. The smallest absolute Gasteiger partial charge is 0.128 e. The lowest BCUT2D eigenvalue weighted by molar-refractivity contribution is 0.229. The maximum absolute atomic E-state index is 4.51. The lowest BCUT2D eigenvalue weighted by atomic mass is 10.2. The fraction of sp³-hybridized carbons (Fsp3) is 0.643. The third kappa shape index (κ3) is 4.16. The molecule has 0 unspecified atom stereocenters. The Morgan fingerprint density at radius 1 is 1.26 bits per heavy atom. The minimum absolute atomic E-state index is 1.07. The molecule has 0 radical (unpaired) electrons. The molecule has 19 heavy (non-hydrogen) atoms. The minimum atomic E-state index is 1.07. The number of pyridine rings is 1. The van der Waals surface area contributed by atoms with Gasteiger partial charge in [-0.1, -0.05) is 0 Å². The van der Waals surface area contributed by atoms with E-state index in [2.05, 4.69) is 62.7 Å². The Kier molecular flexibility index (Phi) is 5.19. The molecule has 106 valence electrons. The van der Waals surface area contributed by atoms with Crippen molar-refractivity contribution in [1.82, 2.24) is 14.8 Å². The molecule has 1 aromatic rings. The molecule has 0 aliphatic carbocycles. The predicted molar refractivity (Wildman–Crippen MR) is 83.9 cm³/mol. The summed E-state index contributed by atoms with van der Waals surface area (Å²) in [6.07, 6.45) is 1.91. The van der Waals surface area contributed by atoms with Gasteiger partial charge in [-0.15, -0.1) is 0 Å². The van der Waals surface area contributed by atoms with E-state index < -0.39 is 0 Å². The number of piperazine rings is 1. The summed E-state index contributed by atoms with van der Waals surface area (Å²) >= 11 is 3.50. The summed E-state index contributed by atoms with van der Waals surface area (Å²) in [6, 6.07) is 2.17. The van der Waals surface area contributed by atoms with Gasteiger partial charge in [-0.05, 0) is 48.6 Å². The number of nitrogens with zero attached hydrogens (tertiary/aromatic N) is 4. The average molecular weight is 327 g/mol. The maximum Gasteiger partial charge on any atom is 0.128 e. The van der Waals surface area contributed by atoms with Crippen molar-refractivity contribution in [2.24, 2.45) is 0 Å². The normalized spacial score (nSPS) is 17.2. The highest BCUT2D eigenvalue weighted by Crippen LogP contribution is 2.20.